The van der Waals surface area contributed by atoms with E-state index in [1.807, 2.05) is 6.92 Å². The largest absolute Gasteiger partial charge is 0.479 e. The average molecular weight is 296 g/mol. The molecule has 0 aliphatic carbocycles. The van der Waals surface area contributed by atoms with Crippen LogP contribution in [0, 0.1) is 0 Å². The lowest BCUT2D eigenvalue weighted by molar-refractivity contribution is -0.139. The number of amides is 2. The first-order chi connectivity index (χ1) is 9.89. The normalized spacial score (nSPS) is 22.8. The second kappa shape index (κ2) is 6.13. The number of nitrogens with one attached hydrogen (secondary N) is 2. The first-order valence-corrected chi connectivity index (χ1v) is 6.79. The van der Waals surface area contributed by atoms with Crippen LogP contribution in [0.2, 0.25) is 0 Å². The minimum Gasteiger partial charge on any atom is -0.479 e. The number of nitrogens with zero attached hydrogens (tertiary/aromatic N) is 2. The van der Waals surface area contributed by atoms with E-state index in [0.29, 0.717) is 18.7 Å². The van der Waals surface area contributed by atoms with Crippen molar-refractivity contribution in [3.05, 3.63) is 18.0 Å². The van der Waals surface area contributed by atoms with Crippen molar-refractivity contribution in [2.45, 2.75) is 31.4 Å². The minimum atomic E-state index is -1.14. The fourth-order valence-electron chi connectivity index (χ4n) is 2.30. The van der Waals surface area contributed by atoms with Gasteiger partial charge in [0.25, 0.3) is 0 Å². The number of aromatic nitrogens is 2. The number of hydrogen-bond acceptors (Lipinski definition) is 4. The van der Waals surface area contributed by atoms with Crippen LogP contribution in [0.25, 0.3) is 0 Å². The number of aliphatic carboxylic acids is 1. The predicted molar refractivity (Wildman–Crippen MR) is 73.7 cm³/mol. The summed E-state index contributed by atoms with van der Waals surface area (Å²) in [5.74, 6) is -1.14. The molecule has 0 aromatic carbocycles. The van der Waals surface area contributed by atoms with Gasteiger partial charge in [0.2, 0.25) is 0 Å². The molecule has 3 N–H and O–H groups in total. The average Bonchev–Trinajstić information content (AvgIpc) is 3.03. The second-order valence-corrected chi connectivity index (χ2v) is 5.45. The molecule has 116 valence electrons. The lowest BCUT2D eigenvalue weighted by atomic mass is 10.0. The SMILES string of the molecule is Cn1cc(C(NC(=O)NCC2(C)CCCO2)C(=O)O)cn1. The number of ether oxygens (including phenoxy) is 1. The second-order valence-electron chi connectivity index (χ2n) is 5.45. The maximum Gasteiger partial charge on any atom is 0.331 e. The molecule has 0 spiro atoms. The van der Waals surface area contributed by atoms with Gasteiger partial charge in [-0.1, -0.05) is 0 Å². The van der Waals surface area contributed by atoms with Crippen LogP contribution < -0.4 is 10.6 Å². The Balaban J connectivity index is 1.91. The lowest BCUT2D eigenvalue weighted by Crippen LogP contribution is -2.46. The Hall–Kier alpha value is -2.09. The van der Waals surface area contributed by atoms with Crippen molar-refractivity contribution in [3.63, 3.8) is 0 Å². The molecule has 1 saturated heterocycles. The third-order valence-corrected chi connectivity index (χ3v) is 3.50. The van der Waals surface area contributed by atoms with Crippen LogP contribution in [0.3, 0.4) is 0 Å². The summed E-state index contributed by atoms with van der Waals surface area (Å²) in [5.41, 5.74) is 0.0492. The molecule has 2 rings (SSSR count). The Morgan fingerprint density at radius 1 is 1.62 bits per heavy atom. The van der Waals surface area contributed by atoms with Crippen LogP contribution in [-0.4, -0.2) is 45.6 Å². The zero-order valence-corrected chi connectivity index (χ0v) is 12.1. The molecule has 0 saturated carbocycles. The Morgan fingerprint density at radius 3 is 2.90 bits per heavy atom. The van der Waals surface area contributed by atoms with E-state index in [1.54, 1.807) is 13.2 Å². The van der Waals surface area contributed by atoms with Crippen molar-refractivity contribution in [2.75, 3.05) is 13.2 Å². The summed E-state index contributed by atoms with van der Waals surface area (Å²) >= 11 is 0. The first kappa shape index (κ1) is 15.3. The van der Waals surface area contributed by atoms with Crippen LogP contribution in [-0.2, 0) is 16.6 Å². The van der Waals surface area contributed by atoms with E-state index in [9.17, 15) is 14.7 Å². The van der Waals surface area contributed by atoms with Gasteiger partial charge in [-0.2, -0.15) is 5.10 Å². The van der Waals surface area contributed by atoms with Crippen molar-refractivity contribution in [2.24, 2.45) is 7.05 Å². The summed E-state index contributed by atoms with van der Waals surface area (Å²) in [5, 5.41) is 18.2. The van der Waals surface area contributed by atoms with Crippen molar-refractivity contribution in [1.82, 2.24) is 20.4 Å². The molecule has 0 radical (unpaired) electrons. The summed E-state index contributed by atoms with van der Waals surface area (Å²) in [6, 6.07) is -1.67. The summed E-state index contributed by atoms with van der Waals surface area (Å²) in [6.45, 7) is 2.96. The highest BCUT2D eigenvalue weighted by Gasteiger charge is 2.31. The number of carboxylic acids is 1. The fourth-order valence-corrected chi connectivity index (χ4v) is 2.30. The highest BCUT2D eigenvalue weighted by atomic mass is 16.5. The summed E-state index contributed by atoms with van der Waals surface area (Å²) < 4.78 is 7.04. The van der Waals surface area contributed by atoms with E-state index >= 15 is 0 Å². The van der Waals surface area contributed by atoms with Gasteiger partial charge in [-0.3, -0.25) is 4.68 Å². The number of urea groups is 1. The van der Waals surface area contributed by atoms with Crippen molar-refractivity contribution >= 4 is 12.0 Å². The third kappa shape index (κ3) is 3.94. The molecular weight excluding hydrogens is 276 g/mol. The molecule has 1 fully saturated rings. The van der Waals surface area contributed by atoms with Gasteiger partial charge in [0, 0.05) is 32.0 Å². The summed E-state index contributed by atoms with van der Waals surface area (Å²) in [4.78, 5) is 23.1. The maximum absolute atomic E-state index is 11.9. The molecule has 1 aliphatic rings. The molecule has 2 heterocycles. The van der Waals surface area contributed by atoms with Gasteiger partial charge in [-0.15, -0.1) is 0 Å². The third-order valence-electron chi connectivity index (χ3n) is 3.50. The Morgan fingerprint density at radius 2 is 2.38 bits per heavy atom. The number of hydrogen-bond donors (Lipinski definition) is 3. The van der Waals surface area contributed by atoms with Crippen LogP contribution >= 0.6 is 0 Å². The topological polar surface area (TPSA) is 105 Å². The molecule has 1 aromatic rings. The smallest absolute Gasteiger partial charge is 0.331 e. The van der Waals surface area contributed by atoms with E-state index in [1.165, 1.54) is 10.9 Å². The number of aryl methyl sites for hydroxylation is 1. The predicted octanol–water partition coefficient (Wildman–Crippen LogP) is 0.414. The highest BCUT2D eigenvalue weighted by Crippen LogP contribution is 2.23. The number of carboxylic acid groups (broad SMARTS) is 1. The van der Waals surface area contributed by atoms with Gasteiger partial charge in [0.05, 0.1) is 11.8 Å². The van der Waals surface area contributed by atoms with Crippen LogP contribution in [0.4, 0.5) is 4.79 Å². The summed E-state index contributed by atoms with van der Waals surface area (Å²) in [7, 11) is 1.68. The molecule has 0 bridgehead atoms. The fraction of sp³-hybridized carbons (Fsp3) is 0.615. The Bertz CT molecular complexity index is 522. The number of rotatable bonds is 5. The maximum atomic E-state index is 11.9. The molecule has 8 nitrogen and oxygen atoms in total. The molecular formula is C13H20N4O4. The van der Waals surface area contributed by atoms with E-state index in [4.69, 9.17) is 4.74 Å². The molecule has 2 unspecified atom stereocenters. The standard InChI is InChI=1S/C13H20N4O4/c1-13(4-3-5-21-13)8-14-12(20)16-10(11(18)19)9-6-15-17(2)7-9/h6-7,10H,3-5,8H2,1-2H3,(H,18,19)(H2,14,16,20). The zero-order valence-electron chi connectivity index (χ0n) is 12.1. The van der Waals surface area contributed by atoms with Crippen molar-refractivity contribution in [3.8, 4) is 0 Å². The number of carbonyl (C=O) groups is 2. The Labute approximate surface area is 122 Å². The minimum absolute atomic E-state index is 0.345. The van der Waals surface area contributed by atoms with E-state index in [2.05, 4.69) is 15.7 Å². The Kier molecular flexibility index (Phi) is 4.46. The molecule has 1 aliphatic heterocycles. The first-order valence-electron chi connectivity index (χ1n) is 6.79. The van der Waals surface area contributed by atoms with E-state index < -0.39 is 18.0 Å². The zero-order chi connectivity index (χ0) is 15.5. The molecule has 2 amide bonds. The molecule has 8 heteroatoms. The van der Waals surface area contributed by atoms with Gasteiger partial charge in [0.15, 0.2) is 6.04 Å². The van der Waals surface area contributed by atoms with Crippen LogP contribution in [0.5, 0.6) is 0 Å². The van der Waals surface area contributed by atoms with Gasteiger partial charge in [-0.25, -0.2) is 9.59 Å². The van der Waals surface area contributed by atoms with Crippen LogP contribution in [0.1, 0.15) is 31.4 Å². The molecule has 2 atom stereocenters. The number of carbonyl (C=O) groups excluding carboxylic acids is 1. The van der Waals surface area contributed by atoms with Crippen molar-refractivity contribution in [1.29, 1.82) is 0 Å². The van der Waals surface area contributed by atoms with Gasteiger partial charge in [0.1, 0.15) is 0 Å². The highest BCUT2D eigenvalue weighted by molar-refractivity contribution is 5.83. The quantitative estimate of drug-likeness (QED) is 0.730. The van der Waals surface area contributed by atoms with Gasteiger partial charge in [-0.05, 0) is 19.8 Å². The van der Waals surface area contributed by atoms with E-state index in [-0.39, 0.29) is 5.60 Å². The van der Waals surface area contributed by atoms with Gasteiger partial charge < -0.3 is 20.5 Å². The molecule has 21 heavy (non-hydrogen) atoms. The van der Waals surface area contributed by atoms with Crippen LogP contribution in [0.15, 0.2) is 12.4 Å². The van der Waals surface area contributed by atoms with Gasteiger partial charge >= 0.3 is 12.0 Å². The molecule has 1 aromatic heterocycles. The lowest BCUT2D eigenvalue weighted by Gasteiger charge is -2.24. The van der Waals surface area contributed by atoms with E-state index in [0.717, 1.165) is 12.8 Å². The summed E-state index contributed by atoms with van der Waals surface area (Å²) in [6.07, 6.45) is 4.81. The van der Waals surface area contributed by atoms with Crippen molar-refractivity contribution < 1.29 is 19.4 Å². The monoisotopic (exact) mass is 296 g/mol.